The molecule has 0 radical (unpaired) electrons. The van der Waals surface area contributed by atoms with E-state index in [4.69, 9.17) is 4.74 Å². The Bertz CT molecular complexity index is 634. The molecule has 5 nitrogen and oxygen atoms in total. The van der Waals surface area contributed by atoms with Crippen molar-refractivity contribution in [3.05, 3.63) is 35.1 Å². The van der Waals surface area contributed by atoms with Gasteiger partial charge in [-0.15, -0.1) is 0 Å². The first-order chi connectivity index (χ1) is 12.8. The van der Waals surface area contributed by atoms with Crippen LogP contribution >= 0.6 is 0 Å². The third-order valence-electron chi connectivity index (χ3n) is 3.99. The van der Waals surface area contributed by atoms with Gasteiger partial charge in [0, 0.05) is 19.7 Å². The zero-order valence-electron chi connectivity index (χ0n) is 15.2. The average molecular weight is 391 g/mol. The molecule has 0 amide bonds. The maximum Gasteiger partial charge on any atom is 0.416 e. The molecule has 0 aromatic heterocycles. The minimum absolute atomic E-state index is 0.130. The molecule has 1 unspecified atom stereocenters. The van der Waals surface area contributed by atoms with Gasteiger partial charge in [0.25, 0.3) is 0 Å². The number of nitrogens with zero attached hydrogens (tertiary/aromatic N) is 1. The molecule has 9 heteroatoms. The summed E-state index contributed by atoms with van der Waals surface area (Å²) < 4.78 is 57.7. The van der Waals surface area contributed by atoms with Crippen LogP contribution < -0.4 is 10.6 Å². The Morgan fingerprint density at radius 3 is 2.70 bits per heavy atom. The second kappa shape index (κ2) is 9.89. The van der Waals surface area contributed by atoms with Crippen molar-refractivity contribution in [3.63, 3.8) is 0 Å². The summed E-state index contributed by atoms with van der Waals surface area (Å²) in [4.78, 5) is 4.10. The van der Waals surface area contributed by atoms with Gasteiger partial charge in [0.15, 0.2) is 5.96 Å². The molecule has 2 rings (SSSR count). The third-order valence-corrected chi connectivity index (χ3v) is 3.99. The molecule has 27 heavy (non-hydrogen) atoms. The Hall–Kier alpha value is -1.87. The van der Waals surface area contributed by atoms with E-state index in [2.05, 4.69) is 15.6 Å². The lowest BCUT2D eigenvalue weighted by atomic mass is 10.1. The van der Waals surface area contributed by atoms with Crippen LogP contribution in [0.5, 0.6) is 0 Å². The summed E-state index contributed by atoms with van der Waals surface area (Å²) in [5, 5.41) is 15.7. The number of guanidine groups is 1. The van der Waals surface area contributed by atoms with Crippen molar-refractivity contribution in [1.82, 2.24) is 10.6 Å². The maximum atomic E-state index is 13.2. The SMILES string of the molecule is CCNC(=NCc1ccc(F)cc1C(F)(F)F)NCC(O)COCC1CC1. The third kappa shape index (κ3) is 7.72. The van der Waals surface area contributed by atoms with E-state index in [0.29, 0.717) is 25.1 Å². The Morgan fingerprint density at radius 1 is 1.33 bits per heavy atom. The predicted octanol–water partition coefficient (Wildman–Crippen LogP) is 2.69. The second-order valence-electron chi connectivity index (χ2n) is 6.51. The number of aliphatic hydroxyl groups excluding tert-OH is 1. The quantitative estimate of drug-likeness (QED) is 0.344. The van der Waals surface area contributed by atoms with Gasteiger partial charge in [-0.05, 0) is 43.4 Å². The number of aliphatic hydroxyl groups is 1. The minimum atomic E-state index is -4.66. The van der Waals surface area contributed by atoms with Gasteiger partial charge in [-0.1, -0.05) is 6.07 Å². The molecular weight excluding hydrogens is 366 g/mol. The number of hydrogen-bond acceptors (Lipinski definition) is 3. The van der Waals surface area contributed by atoms with Crippen LogP contribution in [0.1, 0.15) is 30.9 Å². The van der Waals surface area contributed by atoms with Crippen LogP contribution in [0.25, 0.3) is 0 Å². The maximum absolute atomic E-state index is 13.2. The molecule has 1 atom stereocenters. The molecule has 152 valence electrons. The highest BCUT2D eigenvalue weighted by molar-refractivity contribution is 5.79. The predicted molar refractivity (Wildman–Crippen MR) is 93.8 cm³/mol. The number of nitrogens with one attached hydrogen (secondary N) is 2. The number of ether oxygens (including phenoxy) is 1. The van der Waals surface area contributed by atoms with Gasteiger partial charge in [-0.3, -0.25) is 0 Å². The van der Waals surface area contributed by atoms with E-state index >= 15 is 0 Å². The van der Waals surface area contributed by atoms with Gasteiger partial charge < -0.3 is 20.5 Å². The van der Waals surface area contributed by atoms with Crippen molar-refractivity contribution in [2.45, 2.75) is 38.6 Å². The van der Waals surface area contributed by atoms with Crippen LogP contribution in [0.4, 0.5) is 17.6 Å². The number of halogens is 4. The molecule has 1 saturated carbocycles. The van der Waals surface area contributed by atoms with Crippen molar-refractivity contribution >= 4 is 5.96 Å². The van der Waals surface area contributed by atoms with Crippen LogP contribution in [-0.4, -0.2) is 43.5 Å². The van der Waals surface area contributed by atoms with E-state index in [9.17, 15) is 22.7 Å². The topological polar surface area (TPSA) is 65.9 Å². The van der Waals surface area contributed by atoms with Crippen molar-refractivity contribution < 1.29 is 27.4 Å². The summed E-state index contributed by atoms with van der Waals surface area (Å²) in [6.07, 6.45) is -3.10. The molecule has 1 fully saturated rings. The number of aliphatic imine (C=N–C) groups is 1. The van der Waals surface area contributed by atoms with E-state index in [1.165, 1.54) is 0 Å². The number of rotatable bonds is 9. The van der Waals surface area contributed by atoms with Crippen LogP contribution in [0.2, 0.25) is 0 Å². The number of alkyl halides is 3. The molecular formula is C18H25F4N3O2. The van der Waals surface area contributed by atoms with Gasteiger partial charge in [0.1, 0.15) is 5.82 Å². The van der Waals surface area contributed by atoms with Crippen molar-refractivity contribution in [1.29, 1.82) is 0 Å². The molecule has 0 bridgehead atoms. The normalized spacial score (nSPS) is 16.3. The van der Waals surface area contributed by atoms with Gasteiger partial charge >= 0.3 is 6.18 Å². The van der Waals surface area contributed by atoms with Crippen molar-refractivity contribution in [3.8, 4) is 0 Å². The number of hydrogen-bond donors (Lipinski definition) is 3. The highest BCUT2D eigenvalue weighted by Gasteiger charge is 2.33. The van der Waals surface area contributed by atoms with E-state index in [1.54, 1.807) is 0 Å². The molecule has 0 aliphatic heterocycles. The zero-order valence-corrected chi connectivity index (χ0v) is 15.2. The Balaban J connectivity index is 1.92. The van der Waals surface area contributed by atoms with Crippen LogP contribution in [-0.2, 0) is 17.5 Å². The highest BCUT2D eigenvalue weighted by atomic mass is 19.4. The zero-order chi connectivity index (χ0) is 19.9. The lowest BCUT2D eigenvalue weighted by Gasteiger charge is -2.16. The van der Waals surface area contributed by atoms with Crippen molar-refractivity contribution in [2.75, 3.05) is 26.3 Å². The minimum Gasteiger partial charge on any atom is -0.389 e. The van der Waals surface area contributed by atoms with Crippen LogP contribution in [0, 0.1) is 11.7 Å². The fourth-order valence-electron chi connectivity index (χ4n) is 2.39. The van der Waals surface area contributed by atoms with E-state index < -0.39 is 23.7 Å². The smallest absolute Gasteiger partial charge is 0.389 e. The lowest BCUT2D eigenvalue weighted by molar-refractivity contribution is -0.138. The second-order valence-corrected chi connectivity index (χ2v) is 6.51. The monoisotopic (exact) mass is 391 g/mol. The van der Waals surface area contributed by atoms with Gasteiger partial charge in [-0.25, -0.2) is 9.38 Å². The average Bonchev–Trinajstić information content (AvgIpc) is 3.41. The fourth-order valence-corrected chi connectivity index (χ4v) is 2.39. The van der Waals surface area contributed by atoms with Crippen LogP contribution in [0.3, 0.4) is 0 Å². The Kier molecular flexibility index (Phi) is 7.85. The first-order valence-corrected chi connectivity index (χ1v) is 8.93. The van der Waals surface area contributed by atoms with E-state index in [-0.39, 0.29) is 31.2 Å². The molecule has 1 aliphatic rings. The van der Waals surface area contributed by atoms with Gasteiger partial charge in [0.05, 0.1) is 24.8 Å². The lowest BCUT2D eigenvalue weighted by Crippen LogP contribution is -2.42. The molecule has 0 heterocycles. The fraction of sp³-hybridized carbons (Fsp3) is 0.611. The summed E-state index contributed by atoms with van der Waals surface area (Å²) in [5.74, 6) is -0.0897. The molecule has 0 saturated heterocycles. The largest absolute Gasteiger partial charge is 0.416 e. The summed E-state index contributed by atoms with van der Waals surface area (Å²) in [5.41, 5.74) is -1.18. The Morgan fingerprint density at radius 2 is 2.07 bits per heavy atom. The molecule has 0 spiro atoms. The molecule has 1 aromatic rings. The summed E-state index contributed by atoms with van der Waals surface area (Å²) in [7, 11) is 0. The molecule has 1 aromatic carbocycles. The number of benzene rings is 1. The van der Waals surface area contributed by atoms with E-state index in [1.807, 2.05) is 6.92 Å². The molecule has 3 N–H and O–H groups in total. The summed E-state index contributed by atoms with van der Waals surface area (Å²) in [6.45, 7) is 2.99. The summed E-state index contributed by atoms with van der Waals surface area (Å²) in [6, 6.07) is 2.51. The first-order valence-electron chi connectivity index (χ1n) is 8.93. The first kappa shape index (κ1) is 21.4. The molecule has 1 aliphatic carbocycles. The summed E-state index contributed by atoms with van der Waals surface area (Å²) >= 11 is 0. The standard InChI is InChI=1S/C18H25F4N3O2/c1-2-23-17(25-9-15(26)11-27-10-12-3-4-12)24-8-13-5-6-14(19)7-16(13)18(20,21)22/h5-7,12,15,26H,2-4,8-11H2,1H3,(H2,23,24,25). The highest BCUT2D eigenvalue weighted by Crippen LogP contribution is 2.32. The van der Waals surface area contributed by atoms with Crippen LogP contribution in [0.15, 0.2) is 23.2 Å². The van der Waals surface area contributed by atoms with E-state index in [0.717, 1.165) is 25.0 Å². The van der Waals surface area contributed by atoms with Gasteiger partial charge in [0.2, 0.25) is 0 Å². The Labute approximate surface area is 155 Å². The van der Waals surface area contributed by atoms with Crippen molar-refractivity contribution in [2.24, 2.45) is 10.9 Å². The van der Waals surface area contributed by atoms with Gasteiger partial charge in [-0.2, -0.15) is 13.2 Å².